The molecule has 4 amide bonds. The summed E-state index contributed by atoms with van der Waals surface area (Å²) in [5, 5.41) is 14.3. The Labute approximate surface area is 271 Å². The maximum atomic E-state index is 13.8. The van der Waals surface area contributed by atoms with Gasteiger partial charge in [-0.1, -0.05) is 6.07 Å². The maximum Gasteiger partial charge on any atom is 0.417 e. The van der Waals surface area contributed by atoms with Gasteiger partial charge in [0.05, 0.1) is 6.04 Å². The van der Waals surface area contributed by atoms with Crippen LogP contribution in [0.1, 0.15) is 100 Å². The highest BCUT2D eigenvalue weighted by Crippen LogP contribution is 2.51. The first-order chi connectivity index (χ1) is 22.0. The number of fused-ring (bicyclic) bond motifs is 1. The first-order valence-corrected chi connectivity index (χ1v) is 16.2. The molecule has 2 fully saturated rings. The van der Waals surface area contributed by atoms with Gasteiger partial charge in [0.1, 0.15) is 17.3 Å². The minimum Gasteiger partial charge on any atom is -0.444 e. The smallest absolute Gasteiger partial charge is 0.417 e. The number of aromatic nitrogens is 2. The number of nitrogens with zero attached hydrogens (tertiary/aromatic N) is 2. The molecular weight excluding hydrogens is 617 g/mol. The number of aryl methyl sites for hydroxylation is 1. The van der Waals surface area contributed by atoms with Crippen LogP contribution in [0.25, 0.3) is 0 Å². The van der Waals surface area contributed by atoms with Gasteiger partial charge < -0.3 is 26.0 Å². The monoisotopic (exact) mass is 660 g/mol. The number of alkyl carbamates (subject to hydrolysis) is 1. The molecule has 3 aliphatic rings. The second-order valence-corrected chi connectivity index (χ2v) is 14.1. The van der Waals surface area contributed by atoms with E-state index in [0.29, 0.717) is 41.6 Å². The predicted molar refractivity (Wildman–Crippen MR) is 166 cm³/mol. The molecule has 47 heavy (non-hydrogen) atoms. The molecular formula is C33H43F3N6O5. The Balaban J connectivity index is 1.28. The Kier molecular flexibility index (Phi) is 9.61. The fourth-order valence-corrected chi connectivity index (χ4v) is 6.39. The van der Waals surface area contributed by atoms with Gasteiger partial charge in [-0.3, -0.25) is 19.1 Å². The summed E-state index contributed by atoms with van der Waals surface area (Å²) in [5.74, 6) is -1.36. The van der Waals surface area contributed by atoms with Crippen LogP contribution in [0.3, 0.4) is 0 Å². The second kappa shape index (κ2) is 13.2. The summed E-state index contributed by atoms with van der Waals surface area (Å²) in [6.07, 6.45) is -0.000487. The van der Waals surface area contributed by atoms with Crippen molar-refractivity contribution in [3.63, 3.8) is 0 Å². The van der Waals surface area contributed by atoms with E-state index in [-0.39, 0.29) is 23.8 Å². The molecule has 1 aromatic carbocycles. The van der Waals surface area contributed by atoms with Crippen LogP contribution in [-0.2, 0) is 20.7 Å². The Morgan fingerprint density at radius 3 is 2.17 bits per heavy atom. The Hall–Kier alpha value is -4.10. The van der Waals surface area contributed by atoms with Crippen LogP contribution in [0.15, 0.2) is 30.5 Å². The quantitative estimate of drug-likeness (QED) is 0.261. The Morgan fingerprint density at radius 2 is 1.60 bits per heavy atom. The molecule has 4 N–H and O–H groups in total. The summed E-state index contributed by atoms with van der Waals surface area (Å²) < 4.78 is 47.8. The second-order valence-electron chi connectivity index (χ2n) is 14.1. The molecule has 5 rings (SSSR count). The number of anilines is 1. The number of halogens is 3. The summed E-state index contributed by atoms with van der Waals surface area (Å²) in [4.78, 5) is 52.0. The van der Waals surface area contributed by atoms with Gasteiger partial charge in [0.25, 0.3) is 11.8 Å². The number of alkyl halides is 3. The highest BCUT2D eigenvalue weighted by molar-refractivity contribution is 6.01. The SMILES string of the molecule is CC(C)n1nccc1C(=O)N[C@H](C(=O)Nc1ccc2c(c1)CC[C@H]2NC(=O)C(NC(=O)OC(C)(C)C)C(F)(F)F)C(C1CC1)C1CC1. The number of ether oxygens (including phenoxy) is 1. The van der Waals surface area contributed by atoms with Gasteiger partial charge in [-0.25, -0.2) is 4.79 Å². The maximum absolute atomic E-state index is 13.8. The van der Waals surface area contributed by atoms with Crippen LogP contribution in [-0.4, -0.2) is 57.5 Å². The molecule has 1 aromatic heterocycles. The van der Waals surface area contributed by atoms with Crippen molar-refractivity contribution in [2.75, 3.05) is 5.32 Å². The van der Waals surface area contributed by atoms with Gasteiger partial charge in [-0.05, 0) is 120 Å². The van der Waals surface area contributed by atoms with Crippen LogP contribution >= 0.6 is 0 Å². The summed E-state index contributed by atoms with van der Waals surface area (Å²) in [6.45, 7) is 8.34. The van der Waals surface area contributed by atoms with E-state index in [4.69, 9.17) is 4.74 Å². The molecule has 11 nitrogen and oxygen atoms in total. The van der Waals surface area contributed by atoms with Gasteiger partial charge in [0, 0.05) is 17.9 Å². The van der Waals surface area contributed by atoms with E-state index in [1.165, 1.54) is 20.8 Å². The molecule has 3 atom stereocenters. The van der Waals surface area contributed by atoms with Crippen molar-refractivity contribution in [2.24, 2.45) is 17.8 Å². The topological polar surface area (TPSA) is 143 Å². The van der Waals surface area contributed by atoms with E-state index in [2.05, 4.69) is 21.0 Å². The minimum absolute atomic E-state index is 0.0132. The molecule has 0 bridgehead atoms. The Bertz CT molecular complexity index is 1500. The van der Waals surface area contributed by atoms with Crippen LogP contribution in [0, 0.1) is 17.8 Å². The lowest BCUT2D eigenvalue weighted by molar-refractivity contribution is -0.168. The molecule has 0 aliphatic heterocycles. The average Bonchev–Trinajstić information content (AvgIpc) is 3.89. The lowest BCUT2D eigenvalue weighted by atomic mass is 9.88. The van der Waals surface area contributed by atoms with Crippen molar-refractivity contribution in [1.82, 2.24) is 25.7 Å². The number of rotatable bonds is 11. The number of benzene rings is 1. The van der Waals surface area contributed by atoms with Crippen molar-refractivity contribution in [1.29, 1.82) is 0 Å². The van der Waals surface area contributed by atoms with Gasteiger partial charge in [-0.2, -0.15) is 18.3 Å². The van der Waals surface area contributed by atoms with Gasteiger partial charge >= 0.3 is 12.3 Å². The van der Waals surface area contributed by atoms with Crippen molar-refractivity contribution in [3.8, 4) is 0 Å². The van der Waals surface area contributed by atoms with Crippen LogP contribution in [0.4, 0.5) is 23.7 Å². The van der Waals surface area contributed by atoms with Crippen LogP contribution in [0.2, 0.25) is 0 Å². The van der Waals surface area contributed by atoms with Gasteiger partial charge in [-0.15, -0.1) is 0 Å². The van der Waals surface area contributed by atoms with E-state index < -0.39 is 41.9 Å². The summed E-state index contributed by atoms with van der Waals surface area (Å²) in [5.41, 5.74) is 1.20. The van der Waals surface area contributed by atoms with Crippen molar-refractivity contribution < 1.29 is 37.1 Å². The molecule has 2 aromatic rings. The standard InChI is InChI=1S/C33H43F3N6O5/c1-17(2)42-24(14-15-37-42)28(43)40-26(25(18-6-7-18)19-8-9-19)29(44)38-21-11-12-22-20(16-21)10-13-23(22)39-30(45)27(33(34,35)36)41-31(46)47-32(3,4)5/h11-12,14-19,23,25-27H,6-10,13H2,1-5H3,(H,38,44)(H,39,45)(H,40,43)(H,41,46)/t23-,26+,27?/m1/s1. The lowest BCUT2D eigenvalue weighted by Crippen LogP contribution is -2.56. The average molecular weight is 661 g/mol. The highest BCUT2D eigenvalue weighted by atomic mass is 19.4. The highest BCUT2D eigenvalue weighted by Gasteiger charge is 2.49. The number of amides is 4. The third-order valence-corrected chi connectivity index (χ3v) is 8.73. The number of nitrogens with one attached hydrogen (secondary N) is 4. The minimum atomic E-state index is -5.05. The molecule has 0 saturated heterocycles. The zero-order valence-electron chi connectivity index (χ0n) is 27.2. The summed E-state index contributed by atoms with van der Waals surface area (Å²) >= 11 is 0. The largest absolute Gasteiger partial charge is 0.444 e. The fourth-order valence-electron chi connectivity index (χ4n) is 6.39. The van der Waals surface area contributed by atoms with E-state index in [1.807, 2.05) is 13.8 Å². The van der Waals surface area contributed by atoms with Crippen LogP contribution in [0.5, 0.6) is 0 Å². The molecule has 2 saturated carbocycles. The first kappa shape index (κ1) is 34.2. The van der Waals surface area contributed by atoms with Crippen molar-refractivity contribution in [3.05, 3.63) is 47.3 Å². The van der Waals surface area contributed by atoms with E-state index in [1.54, 1.807) is 40.5 Å². The number of carbonyl (C=O) groups is 4. The molecule has 3 aliphatic carbocycles. The molecule has 256 valence electrons. The molecule has 0 spiro atoms. The summed E-state index contributed by atoms with van der Waals surface area (Å²) in [6, 6.07) is 2.37. The first-order valence-electron chi connectivity index (χ1n) is 16.2. The molecule has 0 radical (unpaired) electrons. The number of hydrogen-bond donors (Lipinski definition) is 4. The predicted octanol–water partition coefficient (Wildman–Crippen LogP) is 5.20. The van der Waals surface area contributed by atoms with Crippen molar-refractivity contribution >= 4 is 29.5 Å². The number of carbonyl (C=O) groups excluding carboxylic acids is 4. The zero-order chi connectivity index (χ0) is 34.3. The molecule has 1 unspecified atom stereocenters. The fraction of sp³-hybridized carbons (Fsp3) is 0.606. The van der Waals surface area contributed by atoms with Gasteiger partial charge in [0.2, 0.25) is 11.9 Å². The van der Waals surface area contributed by atoms with Gasteiger partial charge in [0.15, 0.2) is 0 Å². The van der Waals surface area contributed by atoms with Crippen molar-refractivity contribution in [2.45, 2.75) is 109 Å². The lowest BCUT2D eigenvalue weighted by Gasteiger charge is -2.28. The number of hydrogen-bond acceptors (Lipinski definition) is 6. The molecule has 1 heterocycles. The van der Waals surface area contributed by atoms with E-state index in [9.17, 15) is 32.3 Å². The third-order valence-electron chi connectivity index (χ3n) is 8.73. The normalized spacial score (nSPS) is 19.1. The molecule has 14 heteroatoms. The third kappa shape index (κ3) is 8.44. The summed E-state index contributed by atoms with van der Waals surface area (Å²) in [7, 11) is 0. The van der Waals surface area contributed by atoms with E-state index >= 15 is 0 Å². The zero-order valence-corrected chi connectivity index (χ0v) is 27.2. The Morgan fingerprint density at radius 1 is 0.936 bits per heavy atom. The van der Waals surface area contributed by atoms with E-state index in [0.717, 1.165) is 31.2 Å². The van der Waals surface area contributed by atoms with Crippen LogP contribution < -0.4 is 21.3 Å².